The number of anilines is 1. The van der Waals surface area contributed by atoms with Crippen LogP contribution in [0.4, 0.5) is 5.69 Å². The maximum Gasteiger partial charge on any atom is 0.175 e. The number of nitrogens with two attached hydrogens (primary N) is 1. The number of sulfone groups is 1. The van der Waals surface area contributed by atoms with Crippen LogP contribution in [0.25, 0.3) is 16.9 Å². The van der Waals surface area contributed by atoms with Gasteiger partial charge in [-0.25, -0.2) is 13.1 Å². The SMILES string of the molecule is COc1ccc(-n2nc(C#N)cc2-c2ccc(S(C)(=O)=O)cc2)cc1N.Cl. The van der Waals surface area contributed by atoms with Crippen LogP contribution in [0.2, 0.25) is 0 Å². The molecule has 0 saturated carbocycles. The fraction of sp³-hybridized carbons (Fsp3) is 0.111. The number of methoxy groups -OCH3 is 1. The van der Waals surface area contributed by atoms with E-state index in [2.05, 4.69) is 5.10 Å². The predicted octanol–water partition coefficient (Wildman–Crippen LogP) is 2.83. The van der Waals surface area contributed by atoms with Gasteiger partial charge < -0.3 is 10.5 Å². The molecule has 7 nitrogen and oxygen atoms in total. The van der Waals surface area contributed by atoms with Crippen LogP contribution in [-0.4, -0.2) is 31.6 Å². The van der Waals surface area contributed by atoms with Gasteiger partial charge in [0.15, 0.2) is 15.5 Å². The van der Waals surface area contributed by atoms with E-state index in [1.165, 1.54) is 19.2 Å². The quantitative estimate of drug-likeness (QED) is 0.669. The van der Waals surface area contributed by atoms with Crippen molar-refractivity contribution < 1.29 is 13.2 Å². The van der Waals surface area contributed by atoms with E-state index in [9.17, 15) is 13.7 Å². The number of nitrogen functional groups attached to an aromatic ring is 1. The Labute approximate surface area is 163 Å². The molecule has 140 valence electrons. The monoisotopic (exact) mass is 404 g/mol. The summed E-state index contributed by atoms with van der Waals surface area (Å²) in [6.07, 6.45) is 1.15. The van der Waals surface area contributed by atoms with E-state index >= 15 is 0 Å². The topological polar surface area (TPSA) is 111 Å². The molecule has 0 atom stereocenters. The van der Waals surface area contributed by atoms with Crippen LogP contribution in [-0.2, 0) is 9.84 Å². The van der Waals surface area contributed by atoms with Crippen molar-refractivity contribution in [2.24, 2.45) is 0 Å². The number of rotatable bonds is 4. The lowest BCUT2D eigenvalue weighted by Gasteiger charge is -2.11. The van der Waals surface area contributed by atoms with Gasteiger partial charge in [-0.1, -0.05) is 12.1 Å². The minimum Gasteiger partial charge on any atom is -0.495 e. The second kappa shape index (κ2) is 7.70. The highest BCUT2D eigenvalue weighted by molar-refractivity contribution is 7.90. The Morgan fingerprint density at radius 1 is 1.15 bits per heavy atom. The van der Waals surface area contributed by atoms with Crippen LogP contribution in [0.15, 0.2) is 53.4 Å². The van der Waals surface area contributed by atoms with E-state index in [1.54, 1.807) is 41.1 Å². The van der Waals surface area contributed by atoms with Crippen LogP contribution in [0.5, 0.6) is 5.75 Å². The summed E-state index contributed by atoms with van der Waals surface area (Å²) in [5, 5.41) is 13.5. The van der Waals surface area contributed by atoms with E-state index in [0.29, 0.717) is 22.8 Å². The van der Waals surface area contributed by atoms with Crippen molar-refractivity contribution in [2.75, 3.05) is 19.1 Å². The second-order valence-corrected chi connectivity index (χ2v) is 7.68. The third-order valence-corrected chi connectivity index (χ3v) is 4.99. The maximum absolute atomic E-state index is 11.6. The average Bonchev–Trinajstić information content (AvgIpc) is 3.05. The van der Waals surface area contributed by atoms with Crippen molar-refractivity contribution in [3.8, 4) is 28.8 Å². The number of benzene rings is 2. The minimum atomic E-state index is -3.28. The Morgan fingerprint density at radius 3 is 2.33 bits per heavy atom. The van der Waals surface area contributed by atoms with E-state index in [4.69, 9.17) is 10.5 Å². The molecule has 9 heteroatoms. The zero-order valence-electron chi connectivity index (χ0n) is 14.6. The fourth-order valence-electron chi connectivity index (χ4n) is 2.56. The first-order valence-corrected chi connectivity index (χ1v) is 9.47. The molecule has 2 N–H and O–H groups in total. The molecule has 3 aromatic rings. The number of nitrogens with zero attached hydrogens (tertiary/aromatic N) is 3. The van der Waals surface area contributed by atoms with Crippen LogP contribution in [0, 0.1) is 11.3 Å². The first kappa shape index (κ1) is 20.3. The standard InChI is InChI=1S/C18H16N4O3S.ClH/c1-25-18-8-5-14(10-16(18)20)22-17(9-13(11-19)21-22)12-3-6-15(7-4-12)26(2,23)24;/h3-10H,20H2,1-2H3;1H. The zero-order valence-corrected chi connectivity index (χ0v) is 16.2. The molecule has 1 aromatic heterocycles. The van der Waals surface area contributed by atoms with Crippen molar-refractivity contribution >= 4 is 27.9 Å². The van der Waals surface area contributed by atoms with Crippen LogP contribution in [0.3, 0.4) is 0 Å². The molecule has 0 aliphatic rings. The molecule has 0 saturated heterocycles. The third-order valence-electron chi connectivity index (χ3n) is 3.86. The Hall–Kier alpha value is -3.02. The zero-order chi connectivity index (χ0) is 18.9. The maximum atomic E-state index is 11.6. The molecule has 2 aromatic carbocycles. The first-order chi connectivity index (χ1) is 12.3. The predicted molar refractivity (Wildman–Crippen MR) is 105 cm³/mol. The lowest BCUT2D eigenvalue weighted by atomic mass is 10.1. The second-order valence-electron chi connectivity index (χ2n) is 5.66. The molecule has 3 rings (SSSR count). The molecule has 0 bridgehead atoms. The van der Waals surface area contributed by atoms with Crippen molar-refractivity contribution in [2.45, 2.75) is 4.90 Å². The number of aromatic nitrogens is 2. The Kier molecular flexibility index (Phi) is 5.78. The van der Waals surface area contributed by atoms with Crippen molar-refractivity contribution in [1.82, 2.24) is 9.78 Å². The summed E-state index contributed by atoms with van der Waals surface area (Å²) in [5.41, 5.74) is 8.67. The van der Waals surface area contributed by atoms with Gasteiger partial charge in [0.25, 0.3) is 0 Å². The largest absolute Gasteiger partial charge is 0.495 e. The van der Waals surface area contributed by atoms with Gasteiger partial charge in [0, 0.05) is 17.9 Å². The van der Waals surface area contributed by atoms with Gasteiger partial charge in [-0.15, -0.1) is 12.4 Å². The van der Waals surface area contributed by atoms with E-state index < -0.39 is 9.84 Å². The van der Waals surface area contributed by atoms with E-state index in [-0.39, 0.29) is 23.0 Å². The van der Waals surface area contributed by atoms with Gasteiger partial charge in [0.05, 0.1) is 29.1 Å². The van der Waals surface area contributed by atoms with Gasteiger partial charge >= 0.3 is 0 Å². The summed E-state index contributed by atoms with van der Waals surface area (Å²) in [5.74, 6) is 0.542. The highest BCUT2D eigenvalue weighted by Crippen LogP contribution is 2.29. The molecular weight excluding hydrogens is 388 g/mol. The molecule has 1 heterocycles. The number of hydrogen-bond acceptors (Lipinski definition) is 6. The van der Waals surface area contributed by atoms with Crippen LogP contribution in [0.1, 0.15) is 5.69 Å². The molecule has 0 unspecified atom stereocenters. The highest BCUT2D eigenvalue weighted by atomic mass is 35.5. The minimum absolute atomic E-state index is 0. The summed E-state index contributed by atoms with van der Waals surface area (Å²) < 4.78 is 30.0. The average molecular weight is 405 g/mol. The molecule has 0 amide bonds. The Balaban J connectivity index is 0.00000261. The van der Waals surface area contributed by atoms with Crippen molar-refractivity contribution in [3.63, 3.8) is 0 Å². The molecule has 0 aliphatic heterocycles. The van der Waals surface area contributed by atoms with Crippen molar-refractivity contribution in [1.29, 1.82) is 5.26 Å². The summed E-state index contributed by atoms with van der Waals surface area (Å²) in [6, 6.07) is 15.2. The number of nitriles is 1. The Bertz CT molecular complexity index is 1120. The van der Waals surface area contributed by atoms with E-state index in [1.807, 2.05) is 6.07 Å². The molecule has 0 aliphatic carbocycles. The fourth-order valence-corrected chi connectivity index (χ4v) is 3.20. The molecule has 0 fully saturated rings. The third kappa shape index (κ3) is 4.05. The van der Waals surface area contributed by atoms with Gasteiger partial charge in [0.1, 0.15) is 11.8 Å². The normalized spacial score (nSPS) is 10.7. The summed E-state index contributed by atoms with van der Waals surface area (Å²) in [4.78, 5) is 0.224. The lowest BCUT2D eigenvalue weighted by molar-refractivity contribution is 0.417. The number of ether oxygens (including phenoxy) is 1. The summed E-state index contributed by atoms with van der Waals surface area (Å²) in [7, 11) is -1.75. The van der Waals surface area contributed by atoms with Gasteiger partial charge in [-0.2, -0.15) is 10.4 Å². The molecular formula is C18H17ClN4O3S. The van der Waals surface area contributed by atoms with Gasteiger partial charge in [0.2, 0.25) is 0 Å². The van der Waals surface area contributed by atoms with E-state index in [0.717, 1.165) is 11.8 Å². The van der Waals surface area contributed by atoms with Gasteiger partial charge in [-0.05, 0) is 30.3 Å². The summed E-state index contributed by atoms with van der Waals surface area (Å²) >= 11 is 0. The Morgan fingerprint density at radius 2 is 1.81 bits per heavy atom. The highest BCUT2D eigenvalue weighted by Gasteiger charge is 2.14. The molecule has 0 radical (unpaired) electrons. The number of hydrogen-bond donors (Lipinski definition) is 1. The summed E-state index contributed by atoms with van der Waals surface area (Å²) in [6.45, 7) is 0. The van der Waals surface area contributed by atoms with Crippen LogP contribution >= 0.6 is 12.4 Å². The lowest BCUT2D eigenvalue weighted by Crippen LogP contribution is -2.02. The number of halogens is 1. The van der Waals surface area contributed by atoms with Crippen molar-refractivity contribution in [3.05, 3.63) is 54.2 Å². The smallest absolute Gasteiger partial charge is 0.175 e. The van der Waals surface area contributed by atoms with Gasteiger partial charge in [-0.3, -0.25) is 0 Å². The molecule has 27 heavy (non-hydrogen) atoms. The van der Waals surface area contributed by atoms with Crippen LogP contribution < -0.4 is 10.5 Å². The molecule has 0 spiro atoms. The first-order valence-electron chi connectivity index (χ1n) is 7.58.